The zero-order valence-corrected chi connectivity index (χ0v) is 33.2. The van der Waals surface area contributed by atoms with E-state index in [1.54, 1.807) is 24.3 Å². The minimum atomic E-state index is -4.90. The number of anilines is 4. The van der Waals surface area contributed by atoms with Crippen LogP contribution in [0.15, 0.2) is 164 Å². The van der Waals surface area contributed by atoms with Crippen LogP contribution in [-0.2, 0) is 5.41 Å². The summed E-state index contributed by atoms with van der Waals surface area (Å²) in [5, 5.41) is 0. The van der Waals surface area contributed by atoms with E-state index in [0.29, 0.717) is 0 Å². The summed E-state index contributed by atoms with van der Waals surface area (Å²) in [6, 6.07) is 48.6. The number of aryl methyl sites for hydroxylation is 1. The smallest absolute Gasteiger partial charge is 0.310 e. The minimum Gasteiger partial charge on any atom is -0.310 e. The van der Waals surface area contributed by atoms with Gasteiger partial charge in [-0.05, 0) is 120 Å². The Bertz CT molecular complexity index is 2910. The SMILES string of the molecule is Cc1ccc(N(c2ccc(N3C(=O)c4ccc(C(C)(c5ccc6c(c5)C(=O)N(C)C6=O)C(F)(F)F)cc4C3=O)cc2)c2cccc(-c3ccc(-c4ccccc4)cc3)c2)cc1. The summed E-state index contributed by atoms with van der Waals surface area (Å²) in [7, 11) is 1.27. The number of rotatable bonds is 8. The van der Waals surface area contributed by atoms with Gasteiger partial charge in [-0.25, -0.2) is 4.90 Å². The molecule has 7 nitrogen and oxygen atoms in total. The van der Waals surface area contributed by atoms with Crippen molar-refractivity contribution in [1.82, 2.24) is 4.90 Å². The van der Waals surface area contributed by atoms with Gasteiger partial charge in [0.05, 0.1) is 27.9 Å². The van der Waals surface area contributed by atoms with Crippen molar-refractivity contribution in [2.45, 2.75) is 25.4 Å². The number of hydrogen-bond donors (Lipinski definition) is 0. The van der Waals surface area contributed by atoms with Gasteiger partial charge in [-0.2, -0.15) is 13.2 Å². The van der Waals surface area contributed by atoms with Crippen LogP contribution in [0, 0.1) is 6.92 Å². The Morgan fingerprint density at radius 2 is 0.934 bits per heavy atom. The number of benzene rings is 7. The van der Waals surface area contributed by atoms with E-state index >= 15 is 13.2 Å². The van der Waals surface area contributed by atoms with Crippen molar-refractivity contribution in [2.24, 2.45) is 0 Å². The highest BCUT2D eigenvalue weighted by atomic mass is 19.4. The second kappa shape index (κ2) is 14.6. The average molecular weight is 812 g/mol. The van der Waals surface area contributed by atoms with Gasteiger partial charge in [-0.3, -0.25) is 24.1 Å². The lowest BCUT2D eigenvalue weighted by molar-refractivity contribution is -0.173. The summed E-state index contributed by atoms with van der Waals surface area (Å²) in [5.74, 6) is -2.74. The molecule has 300 valence electrons. The number of hydrogen-bond acceptors (Lipinski definition) is 5. The van der Waals surface area contributed by atoms with Crippen LogP contribution in [0.5, 0.6) is 0 Å². The van der Waals surface area contributed by atoms with Crippen molar-refractivity contribution in [2.75, 3.05) is 16.8 Å². The van der Waals surface area contributed by atoms with Crippen LogP contribution in [0.3, 0.4) is 0 Å². The third-order valence-electron chi connectivity index (χ3n) is 11.8. The topological polar surface area (TPSA) is 78.0 Å². The lowest BCUT2D eigenvalue weighted by atomic mass is 9.74. The van der Waals surface area contributed by atoms with Gasteiger partial charge in [0.15, 0.2) is 0 Å². The zero-order chi connectivity index (χ0) is 42.8. The van der Waals surface area contributed by atoms with Gasteiger partial charge < -0.3 is 4.90 Å². The molecule has 7 aromatic rings. The standard InChI is InChI=1S/C51H36F3N3O4/c1-31-12-20-38(21-13-31)56(41-11-7-10-35(28-41)34-16-14-33(15-17-34)32-8-5-4-6-9-32)39-22-24-40(25-23-39)57-48(60)43-27-19-37(30-45(43)49(57)61)50(2,51(52,53)54)36-18-26-42-44(29-36)47(59)55(3)46(42)58/h4-30H,1-3H3. The summed E-state index contributed by atoms with van der Waals surface area (Å²) < 4.78 is 45.5. The molecule has 0 saturated carbocycles. The lowest BCUT2D eigenvalue weighted by Crippen LogP contribution is -2.41. The van der Waals surface area contributed by atoms with Gasteiger partial charge >= 0.3 is 6.18 Å². The third-order valence-corrected chi connectivity index (χ3v) is 11.8. The van der Waals surface area contributed by atoms with Crippen LogP contribution in [0.25, 0.3) is 22.3 Å². The second-order valence-corrected chi connectivity index (χ2v) is 15.4. The normalized spacial score (nSPS) is 14.6. The highest BCUT2D eigenvalue weighted by Crippen LogP contribution is 2.48. The summed E-state index contributed by atoms with van der Waals surface area (Å²) >= 11 is 0. The molecule has 2 heterocycles. The van der Waals surface area contributed by atoms with E-state index in [4.69, 9.17) is 0 Å². The molecular weight excluding hydrogens is 776 g/mol. The van der Waals surface area contributed by atoms with Gasteiger partial charge in [-0.1, -0.05) is 96.6 Å². The molecule has 0 aromatic heterocycles. The summed E-state index contributed by atoms with van der Waals surface area (Å²) in [6.07, 6.45) is -4.90. The lowest BCUT2D eigenvalue weighted by Gasteiger charge is -2.33. The third kappa shape index (κ3) is 6.48. The van der Waals surface area contributed by atoms with E-state index in [0.717, 1.165) is 73.7 Å². The fraction of sp³-hybridized carbons (Fsp3) is 0.0980. The predicted molar refractivity (Wildman–Crippen MR) is 230 cm³/mol. The molecule has 2 aliphatic rings. The molecule has 61 heavy (non-hydrogen) atoms. The molecule has 2 aliphatic heterocycles. The van der Waals surface area contributed by atoms with Gasteiger partial charge in [0, 0.05) is 24.1 Å². The first-order valence-electron chi connectivity index (χ1n) is 19.5. The highest BCUT2D eigenvalue weighted by Gasteiger charge is 2.55. The molecule has 0 fully saturated rings. The molecule has 0 aliphatic carbocycles. The quantitative estimate of drug-likeness (QED) is 0.143. The zero-order valence-electron chi connectivity index (χ0n) is 33.2. The molecule has 0 saturated heterocycles. The van der Waals surface area contributed by atoms with Crippen LogP contribution < -0.4 is 9.80 Å². The van der Waals surface area contributed by atoms with Crippen LogP contribution in [-0.4, -0.2) is 41.8 Å². The summed E-state index contributed by atoms with van der Waals surface area (Å²) in [6.45, 7) is 2.96. The van der Waals surface area contributed by atoms with Crippen molar-refractivity contribution in [1.29, 1.82) is 0 Å². The van der Waals surface area contributed by atoms with E-state index in [1.165, 1.54) is 31.3 Å². The first-order chi connectivity index (χ1) is 29.2. The molecule has 4 amide bonds. The van der Waals surface area contributed by atoms with Crippen molar-refractivity contribution in [3.05, 3.63) is 203 Å². The Morgan fingerprint density at radius 1 is 0.459 bits per heavy atom. The van der Waals surface area contributed by atoms with Crippen LogP contribution in [0.2, 0.25) is 0 Å². The first-order valence-corrected chi connectivity index (χ1v) is 19.5. The number of carbonyl (C=O) groups excluding carboxylic acids is 4. The van der Waals surface area contributed by atoms with Crippen molar-refractivity contribution >= 4 is 46.4 Å². The molecule has 7 aromatic carbocycles. The Kier molecular flexibility index (Phi) is 9.31. The van der Waals surface area contributed by atoms with Crippen molar-refractivity contribution in [3.8, 4) is 22.3 Å². The second-order valence-electron chi connectivity index (χ2n) is 15.4. The van der Waals surface area contributed by atoms with Gasteiger partial charge in [-0.15, -0.1) is 0 Å². The number of alkyl halides is 3. The van der Waals surface area contributed by atoms with Crippen molar-refractivity contribution < 1.29 is 32.3 Å². The molecule has 10 heteroatoms. The maximum atomic E-state index is 15.2. The van der Waals surface area contributed by atoms with E-state index in [9.17, 15) is 19.2 Å². The predicted octanol–water partition coefficient (Wildman–Crippen LogP) is 11.7. The number of carbonyl (C=O) groups is 4. The Balaban J connectivity index is 1.03. The molecule has 9 rings (SSSR count). The molecule has 0 N–H and O–H groups in total. The monoisotopic (exact) mass is 811 g/mol. The van der Waals surface area contributed by atoms with Crippen molar-refractivity contribution in [3.63, 3.8) is 0 Å². The molecule has 0 radical (unpaired) electrons. The molecule has 0 spiro atoms. The fourth-order valence-electron chi connectivity index (χ4n) is 8.15. The number of nitrogens with zero attached hydrogens (tertiary/aromatic N) is 3. The first kappa shape index (κ1) is 38.9. The number of imide groups is 2. The van der Waals surface area contributed by atoms with Gasteiger partial charge in [0.2, 0.25) is 0 Å². The number of halogens is 3. The molecular formula is C51H36F3N3O4. The molecule has 0 bridgehead atoms. The van der Waals surface area contributed by atoms with E-state index in [2.05, 4.69) is 53.4 Å². The Labute approximate surface area is 349 Å². The minimum absolute atomic E-state index is 0.0117. The van der Waals surface area contributed by atoms with Crippen LogP contribution >= 0.6 is 0 Å². The molecule has 1 unspecified atom stereocenters. The van der Waals surface area contributed by atoms with Gasteiger partial charge in [0.1, 0.15) is 5.41 Å². The van der Waals surface area contributed by atoms with E-state index in [-0.39, 0.29) is 39.1 Å². The summed E-state index contributed by atoms with van der Waals surface area (Å²) in [4.78, 5) is 57.0. The number of amides is 4. The molecule has 1 atom stereocenters. The average Bonchev–Trinajstić information content (AvgIpc) is 3.66. The van der Waals surface area contributed by atoms with E-state index in [1.807, 2.05) is 61.5 Å². The largest absolute Gasteiger partial charge is 0.402 e. The maximum Gasteiger partial charge on any atom is 0.402 e. The van der Waals surface area contributed by atoms with Crippen LogP contribution in [0.1, 0.15) is 65.0 Å². The number of fused-ring (bicyclic) bond motifs is 2. The maximum absolute atomic E-state index is 15.2. The van der Waals surface area contributed by atoms with Crippen LogP contribution in [0.4, 0.5) is 35.9 Å². The van der Waals surface area contributed by atoms with Gasteiger partial charge in [0.25, 0.3) is 23.6 Å². The Hall–Kier alpha value is -7.59. The fourth-order valence-corrected chi connectivity index (χ4v) is 8.15. The Morgan fingerprint density at radius 3 is 1.52 bits per heavy atom. The van der Waals surface area contributed by atoms with E-state index < -0.39 is 35.2 Å². The summed E-state index contributed by atoms with van der Waals surface area (Å²) in [5.41, 5.74) is 4.48. The highest BCUT2D eigenvalue weighted by molar-refractivity contribution is 6.34.